The lowest BCUT2D eigenvalue weighted by Crippen LogP contribution is -2.53. The van der Waals surface area contributed by atoms with Crippen molar-refractivity contribution in [2.45, 2.75) is 26.8 Å². The number of amides is 2. The van der Waals surface area contributed by atoms with E-state index < -0.39 is 12.0 Å². The van der Waals surface area contributed by atoms with Gasteiger partial charge < -0.3 is 25.3 Å². The average Bonchev–Trinajstić information content (AvgIpc) is 2.71. The van der Waals surface area contributed by atoms with Crippen molar-refractivity contribution in [1.82, 2.24) is 10.2 Å². The standard InChI is InChI=1S/C22H27N3O3.CH2O2/c1-15-5-4-6-18(12-15)20(21(26)27)23-22(28)25-9-7-24(8-10-25)19-13-16(2)11-17(3)14-19;2-1-3/h4-6,11-14,20H,7-10H2,1-3H3,(H,23,28)(H,26,27);1H,(H,2,3). The van der Waals surface area contributed by atoms with Crippen LogP contribution >= 0.6 is 0 Å². The normalized spacial score (nSPS) is 14.2. The Morgan fingerprint density at radius 2 is 1.55 bits per heavy atom. The summed E-state index contributed by atoms with van der Waals surface area (Å²) in [5, 5.41) is 19.1. The number of carboxylic acid groups (broad SMARTS) is 2. The zero-order chi connectivity index (χ0) is 23.0. The smallest absolute Gasteiger partial charge is 0.330 e. The van der Waals surface area contributed by atoms with Gasteiger partial charge in [-0.25, -0.2) is 9.59 Å². The van der Waals surface area contributed by atoms with E-state index in [1.165, 1.54) is 16.8 Å². The fraction of sp³-hybridized carbons (Fsp3) is 0.348. The Bertz CT molecular complexity index is 903. The van der Waals surface area contributed by atoms with Gasteiger partial charge in [0.1, 0.15) is 0 Å². The Kier molecular flexibility index (Phi) is 8.43. The first-order valence-electron chi connectivity index (χ1n) is 10.0. The average molecular weight is 428 g/mol. The van der Waals surface area contributed by atoms with Crippen molar-refractivity contribution in [2.24, 2.45) is 0 Å². The minimum absolute atomic E-state index is 0.250. The molecule has 0 saturated carbocycles. The van der Waals surface area contributed by atoms with Crippen LogP contribution in [0.1, 0.15) is 28.3 Å². The molecular formula is C23H29N3O5. The number of nitrogens with one attached hydrogen (secondary N) is 1. The van der Waals surface area contributed by atoms with Gasteiger partial charge in [0.25, 0.3) is 6.47 Å². The molecule has 3 rings (SSSR count). The first-order chi connectivity index (χ1) is 14.7. The molecule has 2 amide bonds. The molecular weight excluding hydrogens is 398 g/mol. The molecule has 3 N–H and O–H groups in total. The Balaban J connectivity index is 0.00000107. The molecule has 1 atom stereocenters. The first-order valence-corrected chi connectivity index (χ1v) is 10.0. The summed E-state index contributed by atoms with van der Waals surface area (Å²) in [7, 11) is 0. The summed E-state index contributed by atoms with van der Waals surface area (Å²) in [5.41, 5.74) is 5.14. The van der Waals surface area contributed by atoms with Crippen molar-refractivity contribution in [1.29, 1.82) is 0 Å². The number of aliphatic carboxylic acids is 1. The lowest BCUT2D eigenvalue weighted by molar-refractivity contribution is -0.139. The maximum Gasteiger partial charge on any atom is 0.330 e. The molecule has 0 bridgehead atoms. The summed E-state index contributed by atoms with van der Waals surface area (Å²) in [6.45, 7) is 8.36. The second-order valence-electron chi connectivity index (χ2n) is 7.56. The number of carbonyl (C=O) groups is 3. The van der Waals surface area contributed by atoms with Crippen molar-refractivity contribution < 1.29 is 24.6 Å². The van der Waals surface area contributed by atoms with Gasteiger partial charge in [0.2, 0.25) is 0 Å². The van der Waals surface area contributed by atoms with Crippen molar-refractivity contribution in [3.8, 4) is 0 Å². The predicted molar refractivity (Wildman–Crippen MR) is 118 cm³/mol. The summed E-state index contributed by atoms with van der Waals surface area (Å²) in [6.07, 6.45) is 0. The number of aryl methyl sites for hydroxylation is 3. The SMILES string of the molecule is Cc1cccc(C(NC(=O)N2CCN(c3cc(C)cc(C)c3)CC2)C(=O)O)c1.O=CO. The van der Waals surface area contributed by atoms with E-state index in [-0.39, 0.29) is 12.5 Å². The number of hydrogen-bond acceptors (Lipinski definition) is 4. The summed E-state index contributed by atoms with van der Waals surface area (Å²) in [6, 6.07) is 12.3. The molecule has 0 aliphatic carbocycles. The molecule has 8 heteroatoms. The molecule has 1 aliphatic rings. The third-order valence-corrected chi connectivity index (χ3v) is 5.03. The summed E-state index contributed by atoms with van der Waals surface area (Å²) in [4.78, 5) is 36.7. The van der Waals surface area contributed by atoms with Crippen LogP contribution in [0.25, 0.3) is 0 Å². The van der Waals surface area contributed by atoms with E-state index in [1.54, 1.807) is 23.1 Å². The van der Waals surface area contributed by atoms with Gasteiger partial charge in [0, 0.05) is 31.9 Å². The van der Waals surface area contributed by atoms with Crippen LogP contribution in [0.2, 0.25) is 0 Å². The molecule has 0 spiro atoms. The second-order valence-corrected chi connectivity index (χ2v) is 7.56. The molecule has 1 aliphatic heterocycles. The topological polar surface area (TPSA) is 110 Å². The Hall–Kier alpha value is -3.55. The highest BCUT2D eigenvalue weighted by Crippen LogP contribution is 2.21. The molecule has 2 aromatic carbocycles. The molecule has 1 heterocycles. The lowest BCUT2D eigenvalue weighted by atomic mass is 10.0. The number of carbonyl (C=O) groups excluding carboxylic acids is 1. The van der Waals surface area contributed by atoms with Gasteiger partial charge in [-0.15, -0.1) is 0 Å². The summed E-state index contributed by atoms with van der Waals surface area (Å²) in [5.74, 6) is -1.06. The summed E-state index contributed by atoms with van der Waals surface area (Å²) >= 11 is 0. The van der Waals surface area contributed by atoms with E-state index in [0.29, 0.717) is 18.7 Å². The number of carboxylic acids is 1. The molecule has 1 fully saturated rings. The van der Waals surface area contributed by atoms with Crippen LogP contribution in [0.3, 0.4) is 0 Å². The number of benzene rings is 2. The van der Waals surface area contributed by atoms with E-state index in [1.807, 2.05) is 13.0 Å². The van der Waals surface area contributed by atoms with Crippen molar-refractivity contribution in [3.05, 3.63) is 64.7 Å². The van der Waals surface area contributed by atoms with E-state index in [2.05, 4.69) is 42.3 Å². The minimum atomic E-state index is -1.06. The number of anilines is 1. The highest BCUT2D eigenvalue weighted by atomic mass is 16.4. The zero-order valence-corrected chi connectivity index (χ0v) is 18.0. The molecule has 0 aromatic heterocycles. The van der Waals surface area contributed by atoms with Crippen LogP contribution in [0.15, 0.2) is 42.5 Å². The third-order valence-electron chi connectivity index (χ3n) is 5.03. The largest absolute Gasteiger partial charge is 0.483 e. The van der Waals surface area contributed by atoms with Gasteiger partial charge in [-0.05, 0) is 49.6 Å². The molecule has 166 valence electrons. The lowest BCUT2D eigenvalue weighted by Gasteiger charge is -2.36. The number of hydrogen-bond donors (Lipinski definition) is 3. The van der Waals surface area contributed by atoms with Crippen LogP contribution in [-0.2, 0) is 9.59 Å². The van der Waals surface area contributed by atoms with Crippen molar-refractivity contribution in [2.75, 3.05) is 31.1 Å². The predicted octanol–water partition coefficient (Wildman–Crippen LogP) is 2.97. The fourth-order valence-corrected chi connectivity index (χ4v) is 3.65. The highest BCUT2D eigenvalue weighted by Gasteiger charge is 2.27. The Labute approximate surface area is 182 Å². The third kappa shape index (κ3) is 6.74. The van der Waals surface area contributed by atoms with Crippen LogP contribution < -0.4 is 10.2 Å². The molecule has 1 unspecified atom stereocenters. The number of urea groups is 1. The van der Waals surface area contributed by atoms with Gasteiger partial charge in [-0.2, -0.15) is 0 Å². The highest BCUT2D eigenvalue weighted by molar-refractivity contribution is 5.84. The van der Waals surface area contributed by atoms with Crippen LogP contribution in [0.5, 0.6) is 0 Å². The van der Waals surface area contributed by atoms with E-state index in [0.717, 1.165) is 18.7 Å². The Morgan fingerprint density at radius 1 is 0.968 bits per heavy atom. The molecule has 1 saturated heterocycles. The van der Waals surface area contributed by atoms with Crippen LogP contribution in [0, 0.1) is 20.8 Å². The van der Waals surface area contributed by atoms with Gasteiger partial charge in [0.15, 0.2) is 6.04 Å². The van der Waals surface area contributed by atoms with Crippen molar-refractivity contribution >= 4 is 24.2 Å². The minimum Gasteiger partial charge on any atom is -0.483 e. The second kappa shape index (κ2) is 11.0. The number of piperazine rings is 1. The van der Waals surface area contributed by atoms with Gasteiger partial charge in [-0.3, -0.25) is 4.79 Å². The van der Waals surface area contributed by atoms with Crippen molar-refractivity contribution in [3.63, 3.8) is 0 Å². The van der Waals surface area contributed by atoms with Crippen LogP contribution in [0.4, 0.5) is 10.5 Å². The zero-order valence-electron chi connectivity index (χ0n) is 18.0. The summed E-state index contributed by atoms with van der Waals surface area (Å²) < 4.78 is 0. The first kappa shape index (κ1) is 23.7. The number of nitrogens with zero attached hydrogens (tertiary/aromatic N) is 2. The molecule has 31 heavy (non-hydrogen) atoms. The molecule has 2 aromatic rings. The monoisotopic (exact) mass is 427 g/mol. The fourth-order valence-electron chi connectivity index (χ4n) is 3.65. The van der Waals surface area contributed by atoms with Crippen LogP contribution in [-0.4, -0.2) is 59.8 Å². The van der Waals surface area contributed by atoms with Gasteiger partial charge >= 0.3 is 12.0 Å². The van der Waals surface area contributed by atoms with Gasteiger partial charge in [-0.1, -0.05) is 35.9 Å². The van der Waals surface area contributed by atoms with E-state index >= 15 is 0 Å². The molecule has 0 radical (unpaired) electrons. The van der Waals surface area contributed by atoms with E-state index in [9.17, 15) is 14.7 Å². The maximum atomic E-state index is 12.7. The molecule has 8 nitrogen and oxygen atoms in total. The van der Waals surface area contributed by atoms with E-state index in [4.69, 9.17) is 9.90 Å². The maximum absolute atomic E-state index is 12.7. The number of rotatable bonds is 4. The Morgan fingerprint density at radius 3 is 2.06 bits per heavy atom. The van der Waals surface area contributed by atoms with Gasteiger partial charge in [0.05, 0.1) is 0 Å². The quantitative estimate of drug-likeness (QED) is 0.647.